The second kappa shape index (κ2) is 7.44. The molecule has 0 bridgehead atoms. The van der Waals surface area contributed by atoms with Crippen molar-refractivity contribution in [1.29, 1.82) is 0 Å². The number of piperidine rings is 1. The summed E-state index contributed by atoms with van der Waals surface area (Å²) in [7, 11) is 0. The molecular formula is C21H23N3O2S2. The van der Waals surface area contributed by atoms with Crippen molar-refractivity contribution in [1.82, 2.24) is 14.5 Å². The van der Waals surface area contributed by atoms with Crippen LogP contribution < -0.4 is 5.56 Å². The van der Waals surface area contributed by atoms with Gasteiger partial charge in [0, 0.05) is 28.4 Å². The van der Waals surface area contributed by atoms with Crippen molar-refractivity contribution >= 4 is 38.8 Å². The molecular weight excluding hydrogens is 390 g/mol. The molecule has 28 heavy (non-hydrogen) atoms. The van der Waals surface area contributed by atoms with Gasteiger partial charge in [-0.15, -0.1) is 22.7 Å². The Hall–Kier alpha value is -1.99. The van der Waals surface area contributed by atoms with Crippen molar-refractivity contribution < 1.29 is 4.79 Å². The van der Waals surface area contributed by atoms with Crippen LogP contribution in [0.2, 0.25) is 0 Å². The normalized spacial score (nSPS) is 22.4. The fraction of sp³-hybridized carbons (Fsp3) is 0.476. The van der Waals surface area contributed by atoms with E-state index in [0.717, 1.165) is 34.7 Å². The first kappa shape index (κ1) is 18.1. The van der Waals surface area contributed by atoms with Crippen molar-refractivity contribution in [2.24, 2.45) is 5.92 Å². The Morgan fingerprint density at radius 1 is 1.18 bits per heavy atom. The minimum Gasteiger partial charge on any atom is -0.338 e. The molecule has 2 fully saturated rings. The first-order chi connectivity index (χ1) is 13.7. The molecule has 146 valence electrons. The number of aromatic nitrogens is 2. The summed E-state index contributed by atoms with van der Waals surface area (Å²) in [4.78, 5) is 34.6. The number of hydrogen-bond donors (Lipinski definition) is 0. The lowest BCUT2D eigenvalue weighted by Crippen LogP contribution is -2.51. The monoisotopic (exact) mass is 413 g/mol. The third-order valence-electron chi connectivity index (χ3n) is 6.22. The SMILES string of the molecule is O=C(Cn1cnc2scc(-c3cccs3)c2c1=O)N1CCC[C@H]2CCCC[C@@H]21. The van der Waals surface area contributed by atoms with Gasteiger partial charge in [0.1, 0.15) is 11.4 Å². The highest BCUT2D eigenvalue weighted by molar-refractivity contribution is 7.18. The van der Waals surface area contributed by atoms with Gasteiger partial charge in [0.25, 0.3) is 5.56 Å². The molecule has 1 saturated carbocycles. The van der Waals surface area contributed by atoms with Crippen LogP contribution in [0.3, 0.4) is 0 Å². The largest absolute Gasteiger partial charge is 0.338 e. The Bertz CT molecular complexity index is 1050. The lowest BCUT2D eigenvalue weighted by molar-refractivity contribution is -0.138. The lowest BCUT2D eigenvalue weighted by Gasteiger charge is -2.44. The number of fused-ring (bicyclic) bond motifs is 2. The van der Waals surface area contributed by atoms with E-state index in [9.17, 15) is 9.59 Å². The number of hydrogen-bond acceptors (Lipinski definition) is 5. The zero-order valence-corrected chi connectivity index (χ0v) is 17.3. The maximum Gasteiger partial charge on any atom is 0.263 e. The maximum absolute atomic E-state index is 13.2. The quantitative estimate of drug-likeness (QED) is 0.641. The average molecular weight is 414 g/mol. The molecule has 1 aliphatic heterocycles. The fourth-order valence-electron chi connectivity index (χ4n) is 4.86. The summed E-state index contributed by atoms with van der Waals surface area (Å²) in [5.74, 6) is 0.707. The van der Waals surface area contributed by atoms with E-state index in [0.29, 0.717) is 17.3 Å². The van der Waals surface area contributed by atoms with E-state index < -0.39 is 0 Å². The molecule has 0 aromatic carbocycles. The number of amides is 1. The zero-order valence-electron chi connectivity index (χ0n) is 15.7. The van der Waals surface area contributed by atoms with Gasteiger partial charge in [0.2, 0.25) is 5.91 Å². The molecule has 0 radical (unpaired) electrons. The van der Waals surface area contributed by atoms with Gasteiger partial charge in [-0.25, -0.2) is 4.98 Å². The van der Waals surface area contributed by atoms with E-state index in [1.165, 1.54) is 41.6 Å². The van der Waals surface area contributed by atoms with Crippen molar-refractivity contribution in [2.75, 3.05) is 6.54 Å². The smallest absolute Gasteiger partial charge is 0.263 e. The Balaban J connectivity index is 1.45. The lowest BCUT2D eigenvalue weighted by atomic mass is 9.78. The van der Waals surface area contributed by atoms with Crippen molar-refractivity contribution in [2.45, 2.75) is 51.1 Å². The number of carbonyl (C=O) groups is 1. The van der Waals surface area contributed by atoms with Crippen LogP contribution in [-0.2, 0) is 11.3 Å². The molecule has 0 spiro atoms. The zero-order chi connectivity index (χ0) is 19.1. The van der Waals surface area contributed by atoms with Crippen molar-refractivity contribution in [3.63, 3.8) is 0 Å². The average Bonchev–Trinajstić information content (AvgIpc) is 3.39. The Morgan fingerprint density at radius 3 is 2.89 bits per heavy atom. The van der Waals surface area contributed by atoms with Crippen LogP contribution in [0.5, 0.6) is 0 Å². The Kier molecular flexibility index (Phi) is 4.80. The predicted octanol–water partition coefficient (Wildman–Crippen LogP) is 4.37. The van der Waals surface area contributed by atoms with Crippen LogP contribution in [0.25, 0.3) is 20.7 Å². The highest BCUT2D eigenvalue weighted by atomic mass is 32.1. The Labute approximate surface area is 171 Å². The van der Waals surface area contributed by atoms with Crippen molar-refractivity contribution in [3.05, 3.63) is 39.6 Å². The van der Waals surface area contributed by atoms with E-state index in [-0.39, 0.29) is 18.0 Å². The summed E-state index contributed by atoms with van der Waals surface area (Å²) in [5.41, 5.74) is 0.819. The van der Waals surface area contributed by atoms with Gasteiger partial charge in [-0.05, 0) is 43.0 Å². The van der Waals surface area contributed by atoms with Gasteiger partial charge in [-0.2, -0.15) is 0 Å². The molecule has 7 heteroatoms. The van der Waals surface area contributed by atoms with Crippen LogP contribution in [-0.4, -0.2) is 32.9 Å². The molecule has 2 atom stereocenters. The summed E-state index contributed by atoms with van der Waals surface area (Å²) in [6, 6.07) is 4.37. The fourth-order valence-corrected chi connectivity index (χ4v) is 6.59. The highest BCUT2D eigenvalue weighted by Crippen LogP contribution is 2.36. The van der Waals surface area contributed by atoms with Gasteiger partial charge in [0.05, 0.1) is 11.7 Å². The molecule has 5 rings (SSSR count). The third kappa shape index (κ3) is 3.10. The second-order valence-electron chi connectivity index (χ2n) is 7.83. The number of nitrogens with zero attached hydrogens (tertiary/aromatic N) is 3. The Morgan fingerprint density at radius 2 is 2.04 bits per heavy atom. The van der Waals surface area contributed by atoms with Crippen LogP contribution in [0.4, 0.5) is 0 Å². The molecule has 4 heterocycles. The molecule has 0 unspecified atom stereocenters. The van der Waals surface area contributed by atoms with Crippen LogP contribution in [0.1, 0.15) is 38.5 Å². The minimum absolute atomic E-state index is 0.0627. The van der Waals surface area contributed by atoms with E-state index in [2.05, 4.69) is 9.88 Å². The van der Waals surface area contributed by atoms with E-state index in [4.69, 9.17) is 0 Å². The van der Waals surface area contributed by atoms with Crippen LogP contribution in [0, 0.1) is 5.92 Å². The summed E-state index contributed by atoms with van der Waals surface area (Å²) < 4.78 is 1.50. The molecule has 1 aliphatic carbocycles. The molecule has 0 N–H and O–H groups in total. The van der Waals surface area contributed by atoms with Crippen LogP contribution >= 0.6 is 22.7 Å². The highest BCUT2D eigenvalue weighted by Gasteiger charge is 2.35. The number of thiophene rings is 2. The molecule has 1 amide bonds. The van der Waals surface area contributed by atoms with Crippen LogP contribution in [0.15, 0.2) is 34.0 Å². The predicted molar refractivity (Wildman–Crippen MR) is 114 cm³/mol. The first-order valence-electron chi connectivity index (χ1n) is 10.0. The minimum atomic E-state index is -0.111. The standard InChI is InChI=1S/C21H23N3O2S2/c25-18(24-9-3-6-14-5-1-2-7-16(14)24)11-23-13-22-20-19(21(23)26)15(12-28-20)17-8-4-10-27-17/h4,8,10,12-14,16H,1-3,5-7,9,11H2/t14-,16+/m1/s1. The summed E-state index contributed by atoms with van der Waals surface area (Å²) in [5, 5.41) is 4.64. The number of carbonyl (C=O) groups excluding carboxylic acids is 1. The topological polar surface area (TPSA) is 55.2 Å². The molecule has 3 aromatic rings. The molecule has 5 nitrogen and oxygen atoms in total. The van der Waals surface area contributed by atoms with Gasteiger partial charge < -0.3 is 4.90 Å². The van der Waals surface area contributed by atoms with Gasteiger partial charge in [-0.1, -0.05) is 18.9 Å². The van der Waals surface area contributed by atoms with Gasteiger partial charge in [0.15, 0.2) is 0 Å². The molecule has 1 saturated heterocycles. The summed E-state index contributed by atoms with van der Waals surface area (Å²) in [6.07, 6.45) is 8.69. The van der Waals surface area contributed by atoms with E-state index in [1.54, 1.807) is 17.7 Å². The first-order valence-corrected chi connectivity index (χ1v) is 11.8. The molecule has 2 aliphatic rings. The number of rotatable bonds is 3. The maximum atomic E-state index is 13.2. The van der Waals surface area contributed by atoms with E-state index >= 15 is 0 Å². The van der Waals surface area contributed by atoms with Gasteiger partial charge in [-0.3, -0.25) is 14.2 Å². The van der Waals surface area contributed by atoms with Crippen molar-refractivity contribution in [3.8, 4) is 10.4 Å². The molecule has 3 aromatic heterocycles. The summed E-state index contributed by atoms with van der Waals surface area (Å²) >= 11 is 3.10. The number of likely N-dealkylation sites (tertiary alicyclic amines) is 1. The third-order valence-corrected chi connectivity index (χ3v) is 8.01. The van der Waals surface area contributed by atoms with E-state index in [1.807, 2.05) is 22.9 Å². The summed E-state index contributed by atoms with van der Waals surface area (Å²) in [6.45, 7) is 0.911. The van der Waals surface area contributed by atoms with Gasteiger partial charge >= 0.3 is 0 Å². The second-order valence-corrected chi connectivity index (χ2v) is 9.63.